The molecule has 1 unspecified atom stereocenters. The second kappa shape index (κ2) is 7.25. The zero-order valence-corrected chi connectivity index (χ0v) is 11.0. The number of aliphatic hydroxyl groups excluding tert-OH is 2. The molecule has 0 saturated heterocycles. The highest BCUT2D eigenvalue weighted by molar-refractivity contribution is 7.98. The SMILES string of the molecule is COc1ccc(C(=N)N)cc1CSCC(O)CO. The molecule has 1 aromatic carbocycles. The fraction of sp³-hybridized carbons (Fsp3) is 0.417. The molecule has 0 radical (unpaired) electrons. The average molecular weight is 270 g/mol. The smallest absolute Gasteiger partial charge is 0.122 e. The molecule has 1 atom stereocenters. The first-order valence-electron chi connectivity index (χ1n) is 5.46. The van der Waals surface area contributed by atoms with Crippen molar-refractivity contribution >= 4 is 17.6 Å². The third kappa shape index (κ3) is 4.21. The minimum Gasteiger partial charge on any atom is -0.496 e. The molecule has 18 heavy (non-hydrogen) atoms. The number of thioether (sulfide) groups is 1. The molecule has 1 rings (SSSR count). The van der Waals surface area contributed by atoms with Crippen LogP contribution in [-0.4, -0.2) is 41.6 Å². The number of hydrogen-bond donors (Lipinski definition) is 4. The molecule has 0 bridgehead atoms. The Kier molecular flexibility index (Phi) is 5.97. The van der Waals surface area contributed by atoms with E-state index in [0.717, 1.165) is 11.3 Å². The average Bonchev–Trinajstić information content (AvgIpc) is 2.38. The Labute approximate surface area is 110 Å². The van der Waals surface area contributed by atoms with E-state index in [0.29, 0.717) is 17.1 Å². The van der Waals surface area contributed by atoms with Crippen molar-refractivity contribution < 1.29 is 14.9 Å². The maximum Gasteiger partial charge on any atom is 0.122 e. The maximum atomic E-state index is 9.25. The van der Waals surface area contributed by atoms with Crippen LogP contribution in [0.1, 0.15) is 11.1 Å². The number of nitrogens with two attached hydrogens (primary N) is 1. The molecule has 0 heterocycles. The Morgan fingerprint density at radius 1 is 1.56 bits per heavy atom. The van der Waals surface area contributed by atoms with Crippen LogP contribution in [0.15, 0.2) is 18.2 Å². The van der Waals surface area contributed by atoms with Crippen LogP contribution in [0, 0.1) is 5.41 Å². The largest absolute Gasteiger partial charge is 0.496 e. The molecule has 0 fully saturated rings. The van der Waals surface area contributed by atoms with Crippen molar-refractivity contribution in [2.75, 3.05) is 19.5 Å². The van der Waals surface area contributed by atoms with Gasteiger partial charge in [0.25, 0.3) is 0 Å². The highest BCUT2D eigenvalue weighted by Gasteiger charge is 2.08. The molecule has 6 heteroatoms. The summed E-state index contributed by atoms with van der Waals surface area (Å²) in [5.74, 6) is 1.82. The summed E-state index contributed by atoms with van der Waals surface area (Å²) in [6.07, 6.45) is -0.711. The van der Waals surface area contributed by atoms with E-state index in [4.69, 9.17) is 21.0 Å². The summed E-state index contributed by atoms with van der Waals surface area (Å²) in [6.45, 7) is -0.238. The van der Waals surface area contributed by atoms with E-state index in [2.05, 4.69) is 0 Å². The zero-order chi connectivity index (χ0) is 13.5. The minimum atomic E-state index is -0.711. The topological polar surface area (TPSA) is 99.6 Å². The molecule has 5 nitrogen and oxygen atoms in total. The van der Waals surface area contributed by atoms with Gasteiger partial charge in [0.1, 0.15) is 11.6 Å². The minimum absolute atomic E-state index is 0.0132. The van der Waals surface area contributed by atoms with Crippen LogP contribution in [0.25, 0.3) is 0 Å². The van der Waals surface area contributed by atoms with Crippen molar-refractivity contribution in [3.05, 3.63) is 29.3 Å². The van der Waals surface area contributed by atoms with Crippen LogP contribution < -0.4 is 10.5 Å². The van der Waals surface area contributed by atoms with Gasteiger partial charge in [0, 0.05) is 22.6 Å². The Balaban J connectivity index is 2.72. The molecular weight excluding hydrogens is 252 g/mol. The lowest BCUT2D eigenvalue weighted by Crippen LogP contribution is -2.15. The third-order valence-electron chi connectivity index (χ3n) is 2.37. The van der Waals surface area contributed by atoms with Gasteiger partial charge < -0.3 is 20.7 Å². The Bertz CT molecular complexity index is 412. The van der Waals surface area contributed by atoms with Gasteiger partial charge in [-0.3, -0.25) is 5.41 Å². The second-order valence-corrected chi connectivity index (χ2v) is 4.82. The lowest BCUT2D eigenvalue weighted by atomic mass is 10.1. The number of ether oxygens (including phenoxy) is 1. The number of benzene rings is 1. The summed E-state index contributed by atoms with van der Waals surface area (Å²) < 4.78 is 5.23. The molecule has 0 aliphatic heterocycles. The highest BCUT2D eigenvalue weighted by Crippen LogP contribution is 2.24. The number of aliphatic hydroxyl groups is 2. The fourth-order valence-electron chi connectivity index (χ4n) is 1.42. The molecule has 100 valence electrons. The van der Waals surface area contributed by atoms with Crippen LogP contribution in [0.4, 0.5) is 0 Å². The monoisotopic (exact) mass is 270 g/mol. The number of hydrogen-bond acceptors (Lipinski definition) is 5. The lowest BCUT2D eigenvalue weighted by molar-refractivity contribution is 0.113. The van der Waals surface area contributed by atoms with Crippen molar-refractivity contribution in [2.45, 2.75) is 11.9 Å². The lowest BCUT2D eigenvalue weighted by Gasteiger charge is -2.11. The molecule has 0 spiro atoms. The summed E-state index contributed by atoms with van der Waals surface area (Å²) >= 11 is 1.49. The van der Waals surface area contributed by atoms with Crippen molar-refractivity contribution in [1.82, 2.24) is 0 Å². The van der Waals surface area contributed by atoms with Gasteiger partial charge in [-0.2, -0.15) is 11.8 Å². The quantitative estimate of drug-likeness (QED) is 0.429. The Hall–Kier alpha value is -1.24. The number of nitrogen functional groups attached to an aromatic ring is 1. The maximum absolute atomic E-state index is 9.25. The van der Waals surface area contributed by atoms with Crippen LogP contribution in [0.2, 0.25) is 0 Å². The van der Waals surface area contributed by atoms with E-state index in [1.165, 1.54) is 11.8 Å². The van der Waals surface area contributed by atoms with E-state index in [-0.39, 0.29) is 12.4 Å². The fourth-order valence-corrected chi connectivity index (χ4v) is 2.36. The van der Waals surface area contributed by atoms with Crippen LogP contribution in [0.3, 0.4) is 0 Å². The summed E-state index contributed by atoms with van der Waals surface area (Å²) in [5.41, 5.74) is 7.00. The summed E-state index contributed by atoms with van der Waals surface area (Å²) in [4.78, 5) is 0. The van der Waals surface area contributed by atoms with E-state index >= 15 is 0 Å². The van der Waals surface area contributed by atoms with E-state index in [9.17, 15) is 5.11 Å². The van der Waals surface area contributed by atoms with Crippen molar-refractivity contribution in [2.24, 2.45) is 5.73 Å². The zero-order valence-electron chi connectivity index (χ0n) is 10.2. The van der Waals surface area contributed by atoms with Gasteiger partial charge in [0.2, 0.25) is 0 Å². The summed E-state index contributed by atoms with van der Waals surface area (Å²) in [6, 6.07) is 5.31. The van der Waals surface area contributed by atoms with Gasteiger partial charge in [-0.05, 0) is 18.2 Å². The van der Waals surface area contributed by atoms with E-state index in [1.807, 2.05) is 0 Å². The first-order chi connectivity index (χ1) is 8.58. The molecule has 1 aromatic rings. The molecule has 5 N–H and O–H groups in total. The normalized spacial score (nSPS) is 12.2. The number of nitrogens with one attached hydrogen (secondary N) is 1. The van der Waals surface area contributed by atoms with Gasteiger partial charge >= 0.3 is 0 Å². The van der Waals surface area contributed by atoms with Crippen molar-refractivity contribution in [3.63, 3.8) is 0 Å². The first-order valence-corrected chi connectivity index (χ1v) is 6.62. The van der Waals surface area contributed by atoms with Gasteiger partial charge in [0.05, 0.1) is 19.8 Å². The summed E-state index contributed by atoms with van der Waals surface area (Å²) in [7, 11) is 1.58. The van der Waals surface area contributed by atoms with Crippen molar-refractivity contribution in [1.29, 1.82) is 5.41 Å². The van der Waals surface area contributed by atoms with Crippen LogP contribution in [-0.2, 0) is 5.75 Å². The Morgan fingerprint density at radius 2 is 2.28 bits per heavy atom. The van der Waals surface area contributed by atoms with Gasteiger partial charge in [-0.25, -0.2) is 0 Å². The third-order valence-corrected chi connectivity index (χ3v) is 3.51. The van der Waals surface area contributed by atoms with Gasteiger partial charge in [0.15, 0.2) is 0 Å². The Morgan fingerprint density at radius 3 is 2.83 bits per heavy atom. The van der Waals surface area contributed by atoms with Crippen LogP contribution >= 0.6 is 11.8 Å². The predicted molar refractivity (Wildman–Crippen MR) is 73.3 cm³/mol. The number of amidine groups is 1. The molecule has 0 aliphatic rings. The summed E-state index contributed by atoms with van der Waals surface area (Å²) in [5, 5.41) is 25.4. The predicted octanol–water partition coefficient (Wildman–Crippen LogP) is 0.566. The molecule has 0 saturated carbocycles. The highest BCUT2D eigenvalue weighted by atomic mass is 32.2. The standard InChI is InChI=1S/C12H18N2O3S/c1-17-11-3-2-8(12(13)14)4-9(11)6-18-7-10(16)5-15/h2-4,10,15-16H,5-7H2,1H3,(H3,13,14). The van der Waals surface area contributed by atoms with Gasteiger partial charge in [-0.1, -0.05) is 0 Å². The number of methoxy groups -OCH3 is 1. The molecular formula is C12H18N2O3S. The number of rotatable bonds is 7. The molecule has 0 aliphatic carbocycles. The molecule has 0 amide bonds. The first kappa shape index (κ1) is 14.8. The van der Waals surface area contributed by atoms with Crippen molar-refractivity contribution in [3.8, 4) is 5.75 Å². The van der Waals surface area contributed by atoms with Gasteiger partial charge in [-0.15, -0.1) is 0 Å². The molecule has 0 aromatic heterocycles. The van der Waals surface area contributed by atoms with Crippen LogP contribution in [0.5, 0.6) is 5.75 Å². The van der Waals surface area contributed by atoms with E-state index in [1.54, 1.807) is 25.3 Å². The second-order valence-electron chi connectivity index (χ2n) is 3.79. The van der Waals surface area contributed by atoms with E-state index < -0.39 is 6.10 Å².